The van der Waals surface area contributed by atoms with E-state index in [4.69, 9.17) is 17.0 Å². The third kappa shape index (κ3) is 8.23. The van der Waals surface area contributed by atoms with E-state index in [0.717, 1.165) is 22.4 Å². The SMILES string of the molecule is CCc1cc2c(-c3c4ccccc4cc4ccccc34)cccc2[cH-]1.CCc1cc2c(-c3c4ccccc4cc4ccccc34)cccc2[cH-]1.C[Si]C.[Cl][Zr+2][Cl]. The zero-order chi connectivity index (χ0) is 39.0. The summed E-state index contributed by atoms with van der Waals surface area (Å²) >= 11 is -0.826. The summed E-state index contributed by atoms with van der Waals surface area (Å²) in [5.41, 5.74) is 8.20. The van der Waals surface area contributed by atoms with Crippen LogP contribution in [0.3, 0.4) is 0 Å². The second-order valence-corrected chi connectivity index (χ2v) is 18.7. The van der Waals surface area contributed by atoms with Crippen LogP contribution in [0.15, 0.2) is 170 Å². The van der Waals surface area contributed by atoms with Gasteiger partial charge in [-0.3, -0.25) is 0 Å². The van der Waals surface area contributed by atoms with Crippen LogP contribution in [-0.2, 0) is 33.7 Å². The first-order valence-corrected chi connectivity index (χ1v) is 27.6. The predicted octanol–water partition coefficient (Wildman–Crippen LogP) is 16.4. The van der Waals surface area contributed by atoms with E-state index < -0.39 is 20.8 Å². The molecule has 0 aliphatic rings. The van der Waals surface area contributed by atoms with Crippen LogP contribution in [0.1, 0.15) is 25.0 Å². The molecule has 0 atom stereocenters. The van der Waals surface area contributed by atoms with Crippen LogP contribution in [0.4, 0.5) is 0 Å². The first kappa shape index (κ1) is 39.9. The van der Waals surface area contributed by atoms with Crippen LogP contribution in [0.2, 0.25) is 13.1 Å². The molecule has 0 aromatic heterocycles. The van der Waals surface area contributed by atoms with Crippen molar-refractivity contribution in [2.24, 2.45) is 0 Å². The molecular weight excluding hydrogens is 815 g/mol. The molecule has 0 heterocycles. The normalized spacial score (nSPS) is 10.8. The fraction of sp³-hybridized carbons (Fsp3) is 0.115. The van der Waals surface area contributed by atoms with Crippen LogP contribution in [0.25, 0.3) is 86.9 Å². The van der Waals surface area contributed by atoms with Crippen molar-refractivity contribution in [3.05, 3.63) is 181 Å². The van der Waals surface area contributed by atoms with Crippen molar-refractivity contribution >= 4 is 91.2 Å². The van der Waals surface area contributed by atoms with E-state index in [-0.39, 0.29) is 0 Å². The van der Waals surface area contributed by atoms with Crippen molar-refractivity contribution in [3.8, 4) is 22.3 Å². The van der Waals surface area contributed by atoms with E-state index >= 15 is 0 Å². The van der Waals surface area contributed by atoms with Crippen LogP contribution >= 0.6 is 17.0 Å². The molecule has 10 aromatic carbocycles. The first-order valence-electron chi connectivity index (χ1n) is 19.3. The summed E-state index contributed by atoms with van der Waals surface area (Å²) in [6, 6.07) is 62.3. The van der Waals surface area contributed by atoms with Gasteiger partial charge in [-0.25, -0.2) is 0 Å². The Balaban J connectivity index is 0.000000151. The Morgan fingerprint density at radius 3 is 1.04 bits per heavy atom. The van der Waals surface area contributed by atoms with Gasteiger partial charge in [0.1, 0.15) is 0 Å². The monoisotopic (exact) mass is 856 g/mol. The summed E-state index contributed by atoms with van der Waals surface area (Å²) in [4.78, 5) is 0. The van der Waals surface area contributed by atoms with Crippen LogP contribution < -0.4 is 0 Å². The van der Waals surface area contributed by atoms with Gasteiger partial charge in [-0.2, -0.15) is 12.1 Å². The Labute approximate surface area is 352 Å². The van der Waals surface area contributed by atoms with Gasteiger partial charge in [0.25, 0.3) is 0 Å². The quantitative estimate of drug-likeness (QED) is 0.0940. The minimum absolute atomic E-state index is 0.826. The number of benzene rings is 8. The number of fused-ring (bicyclic) bond motifs is 6. The van der Waals surface area contributed by atoms with Gasteiger partial charge in [0.15, 0.2) is 0 Å². The standard InChI is InChI=1S/2C25H19.C2H6Si.2ClH.Zr/c2*1-2-17-14-18-10-7-13-23(24(18)15-17)25-21-11-5-3-8-19(21)16-20-9-4-6-12-22(20)25;1-3-2;;;/h2*3-16H,2H2,1H3;1-2H3;2*1H;/q2*-1;;;;+4/p-2. The van der Waals surface area contributed by atoms with Crippen molar-refractivity contribution < 1.29 is 20.8 Å². The average Bonchev–Trinajstić information content (AvgIpc) is 3.88. The topological polar surface area (TPSA) is 0 Å². The van der Waals surface area contributed by atoms with Crippen molar-refractivity contribution in [2.75, 3.05) is 0 Å². The zero-order valence-electron chi connectivity index (χ0n) is 32.3. The summed E-state index contributed by atoms with van der Waals surface area (Å²) in [5.74, 6) is 0. The Bertz CT molecular complexity index is 2590. The van der Waals surface area contributed by atoms with Crippen LogP contribution in [0, 0.1) is 0 Å². The molecule has 10 aromatic rings. The molecule has 10 rings (SSSR count). The third-order valence-corrected chi connectivity index (χ3v) is 10.5. The molecule has 4 heteroatoms. The maximum absolute atomic E-state index is 4.93. The van der Waals surface area contributed by atoms with Gasteiger partial charge in [0.2, 0.25) is 0 Å². The van der Waals surface area contributed by atoms with Gasteiger partial charge in [-0.1, -0.05) is 147 Å². The average molecular weight is 859 g/mol. The van der Waals surface area contributed by atoms with Crippen molar-refractivity contribution in [2.45, 2.75) is 39.8 Å². The maximum atomic E-state index is 4.93. The molecule has 56 heavy (non-hydrogen) atoms. The Morgan fingerprint density at radius 1 is 0.429 bits per heavy atom. The third-order valence-electron chi connectivity index (χ3n) is 10.5. The Kier molecular flexibility index (Phi) is 13.4. The van der Waals surface area contributed by atoms with E-state index in [0.29, 0.717) is 0 Å². The summed E-state index contributed by atoms with van der Waals surface area (Å²) < 4.78 is 0. The summed E-state index contributed by atoms with van der Waals surface area (Å²) in [5, 5.41) is 15.9. The van der Waals surface area contributed by atoms with Gasteiger partial charge in [0.05, 0.1) is 0 Å². The second kappa shape index (κ2) is 18.8. The Morgan fingerprint density at radius 2 is 0.732 bits per heavy atom. The van der Waals surface area contributed by atoms with Crippen molar-refractivity contribution in [1.29, 1.82) is 0 Å². The minimum atomic E-state index is -0.826. The zero-order valence-corrected chi connectivity index (χ0v) is 37.3. The molecule has 0 aliphatic heterocycles. The number of hydrogen-bond acceptors (Lipinski definition) is 0. The summed E-state index contributed by atoms with van der Waals surface area (Å²) in [6.07, 6.45) is 2.15. The van der Waals surface area contributed by atoms with E-state index in [1.165, 1.54) is 98.0 Å². The molecule has 2 radical (unpaired) electrons. The van der Waals surface area contributed by atoms with Gasteiger partial charge in [-0.15, -0.1) is 69.1 Å². The molecule has 0 spiro atoms. The molecule has 0 N–H and O–H groups in total. The molecular formula is C52H44Cl2SiZr. The molecule has 0 unspecified atom stereocenters. The van der Waals surface area contributed by atoms with E-state index in [1.54, 1.807) is 0 Å². The molecule has 0 amide bonds. The first-order chi connectivity index (χ1) is 27.5. The number of halogens is 2. The fourth-order valence-electron chi connectivity index (χ4n) is 8.05. The van der Waals surface area contributed by atoms with E-state index in [2.05, 4.69) is 197 Å². The summed E-state index contributed by atoms with van der Waals surface area (Å²) in [6.45, 7) is 8.75. The number of hydrogen-bond donors (Lipinski definition) is 0. The molecule has 0 aliphatic carbocycles. The molecule has 0 saturated heterocycles. The van der Waals surface area contributed by atoms with Crippen molar-refractivity contribution in [3.63, 3.8) is 0 Å². The fourth-order valence-corrected chi connectivity index (χ4v) is 8.05. The van der Waals surface area contributed by atoms with Gasteiger partial charge < -0.3 is 0 Å². The summed E-state index contributed by atoms with van der Waals surface area (Å²) in [7, 11) is 11.0. The predicted molar refractivity (Wildman–Crippen MR) is 248 cm³/mol. The van der Waals surface area contributed by atoms with Crippen LogP contribution in [-0.4, -0.2) is 9.52 Å². The van der Waals surface area contributed by atoms with E-state index in [9.17, 15) is 0 Å². The van der Waals surface area contributed by atoms with Gasteiger partial charge in [0, 0.05) is 9.52 Å². The molecule has 0 saturated carbocycles. The molecule has 274 valence electrons. The van der Waals surface area contributed by atoms with E-state index in [1.807, 2.05) is 0 Å². The van der Waals surface area contributed by atoms with Gasteiger partial charge >= 0.3 is 37.9 Å². The molecule has 0 fully saturated rings. The van der Waals surface area contributed by atoms with Crippen molar-refractivity contribution in [1.82, 2.24) is 0 Å². The Hall–Kier alpha value is -4.30. The number of rotatable bonds is 4. The molecule has 0 bridgehead atoms. The van der Waals surface area contributed by atoms with Gasteiger partial charge in [-0.05, 0) is 79.2 Å². The van der Waals surface area contributed by atoms with Crippen LogP contribution in [0.5, 0.6) is 0 Å². The molecule has 0 nitrogen and oxygen atoms in total. The number of aryl methyl sites for hydroxylation is 2. The second-order valence-electron chi connectivity index (χ2n) is 14.0.